The quantitative estimate of drug-likeness (QED) is 0.575. The van der Waals surface area contributed by atoms with Gasteiger partial charge in [0.05, 0.1) is 0 Å². The second kappa shape index (κ2) is 4.10. The van der Waals surface area contributed by atoms with E-state index in [2.05, 4.69) is 32.9 Å². The molecule has 5 aliphatic carbocycles. The highest BCUT2D eigenvalue weighted by molar-refractivity contribution is 5.92. The van der Waals surface area contributed by atoms with E-state index in [9.17, 15) is 4.79 Å². The van der Waals surface area contributed by atoms with Crippen molar-refractivity contribution in [2.24, 2.45) is 22.2 Å². The molecule has 0 saturated heterocycles. The Bertz CT molecular complexity index is 714. The average molecular weight is 308 g/mol. The number of fused-ring (bicyclic) bond motifs is 5. The fraction of sp³-hybridized carbons (Fsp3) is 0.682. The lowest BCUT2D eigenvalue weighted by atomic mass is 9.52. The summed E-state index contributed by atoms with van der Waals surface area (Å²) < 4.78 is 0. The number of ketones is 1. The van der Waals surface area contributed by atoms with Crippen molar-refractivity contribution in [2.45, 2.75) is 72.1 Å². The lowest BCUT2D eigenvalue weighted by Gasteiger charge is -2.52. The molecule has 1 heteroatoms. The van der Waals surface area contributed by atoms with Crippen LogP contribution >= 0.6 is 0 Å². The normalized spacial score (nSPS) is 43.6. The molecule has 1 saturated carbocycles. The highest BCUT2D eigenvalue weighted by Gasteiger charge is 2.60. The molecule has 0 amide bonds. The molecule has 0 aromatic rings. The summed E-state index contributed by atoms with van der Waals surface area (Å²) in [5.74, 6) is 1.17. The van der Waals surface area contributed by atoms with Crippen LogP contribution < -0.4 is 0 Å². The molecule has 3 atom stereocenters. The fourth-order valence-corrected chi connectivity index (χ4v) is 6.39. The van der Waals surface area contributed by atoms with Crippen LogP contribution in [0.15, 0.2) is 34.4 Å². The van der Waals surface area contributed by atoms with Crippen LogP contribution in [-0.2, 0) is 4.79 Å². The van der Waals surface area contributed by atoms with Gasteiger partial charge in [0.25, 0.3) is 0 Å². The summed E-state index contributed by atoms with van der Waals surface area (Å²) >= 11 is 0. The highest BCUT2D eigenvalue weighted by Crippen LogP contribution is 2.71. The SMILES string of the molecule is CC1CC=C2C3=C(CCC21C)C1(C)CCC(=O)C=C1C1(CC1)C3. The largest absolute Gasteiger partial charge is 0.295 e. The molecule has 0 bridgehead atoms. The van der Waals surface area contributed by atoms with E-state index in [1.807, 2.05) is 0 Å². The van der Waals surface area contributed by atoms with Gasteiger partial charge in [-0.15, -0.1) is 0 Å². The van der Waals surface area contributed by atoms with E-state index in [1.165, 1.54) is 44.1 Å². The first-order chi connectivity index (χ1) is 10.9. The number of hydrogen-bond acceptors (Lipinski definition) is 1. The third-order valence-corrected chi connectivity index (χ3v) is 8.34. The van der Waals surface area contributed by atoms with Gasteiger partial charge in [-0.2, -0.15) is 0 Å². The molecule has 122 valence electrons. The molecule has 0 N–H and O–H groups in total. The van der Waals surface area contributed by atoms with E-state index in [4.69, 9.17) is 0 Å². The maximum atomic E-state index is 12.1. The number of rotatable bonds is 0. The summed E-state index contributed by atoms with van der Waals surface area (Å²) in [6.07, 6.45) is 14.1. The Kier molecular flexibility index (Phi) is 2.54. The minimum absolute atomic E-state index is 0.186. The molecule has 5 aliphatic rings. The predicted molar refractivity (Wildman–Crippen MR) is 92.9 cm³/mol. The van der Waals surface area contributed by atoms with Crippen molar-refractivity contribution in [1.82, 2.24) is 0 Å². The molecule has 0 heterocycles. The zero-order chi connectivity index (χ0) is 16.0. The van der Waals surface area contributed by atoms with Crippen LogP contribution in [-0.4, -0.2) is 5.78 Å². The number of hydrogen-bond donors (Lipinski definition) is 0. The van der Waals surface area contributed by atoms with Gasteiger partial charge in [0.2, 0.25) is 0 Å². The van der Waals surface area contributed by atoms with Gasteiger partial charge < -0.3 is 0 Å². The van der Waals surface area contributed by atoms with Gasteiger partial charge in [0.15, 0.2) is 5.78 Å². The van der Waals surface area contributed by atoms with Crippen molar-refractivity contribution >= 4 is 5.78 Å². The molecule has 0 radical (unpaired) electrons. The molecule has 0 aromatic heterocycles. The number of carbonyl (C=O) groups is 1. The molecule has 23 heavy (non-hydrogen) atoms. The minimum Gasteiger partial charge on any atom is -0.295 e. The van der Waals surface area contributed by atoms with Crippen LogP contribution in [0.2, 0.25) is 0 Å². The first-order valence-corrected chi connectivity index (χ1v) is 9.58. The fourth-order valence-electron chi connectivity index (χ4n) is 6.39. The standard InChI is InChI=1S/C22H28O/c1-14-4-5-17-16-13-22(10-11-22)19-12-15(23)6-8-21(19,3)18(16)7-9-20(14,17)2/h5,12,14H,4,6-11,13H2,1-3H3. The number of allylic oxidation sites excluding steroid dienone is 6. The summed E-state index contributed by atoms with van der Waals surface area (Å²) in [4.78, 5) is 12.1. The van der Waals surface area contributed by atoms with Gasteiger partial charge in [0.1, 0.15) is 0 Å². The Morgan fingerprint density at radius 3 is 2.61 bits per heavy atom. The van der Waals surface area contributed by atoms with Crippen LogP contribution in [0.1, 0.15) is 72.1 Å². The van der Waals surface area contributed by atoms with E-state index in [1.54, 1.807) is 16.7 Å². The topological polar surface area (TPSA) is 17.1 Å². The maximum Gasteiger partial charge on any atom is 0.155 e. The molecular weight excluding hydrogens is 280 g/mol. The van der Waals surface area contributed by atoms with Gasteiger partial charge in [-0.1, -0.05) is 38.0 Å². The predicted octanol–water partition coefficient (Wildman–Crippen LogP) is 5.53. The van der Waals surface area contributed by atoms with E-state index in [-0.39, 0.29) is 5.41 Å². The van der Waals surface area contributed by atoms with Gasteiger partial charge in [-0.3, -0.25) is 4.79 Å². The highest BCUT2D eigenvalue weighted by atomic mass is 16.1. The third-order valence-electron chi connectivity index (χ3n) is 8.34. The Morgan fingerprint density at radius 1 is 1.09 bits per heavy atom. The second-order valence-electron chi connectivity index (χ2n) is 9.44. The average Bonchev–Trinajstić information content (AvgIpc) is 3.21. The summed E-state index contributed by atoms with van der Waals surface area (Å²) in [5.41, 5.74) is 7.63. The van der Waals surface area contributed by atoms with Crippen molar-refractivity contribution in [3.63, 3.8) is 0 Å². The maximum absolute atomic E-state index is 12.1. The van der Waals surface area contributed by atoms with Crippen molar-refractivity contribution in [2.75, 3.05) is 0 Å². The Morgan fingerprint density at radius 2 is 1.87 bits per heavy atom. The summed E-state index contributed by atoms with van der Waals surface area (Å²) in [5, 5.41) is 0. The van der Waals surface area contributed by atoms with Crippen molar-refractivity contribution in [3.8, 4) is 0 Å². The molecule has 5 rings (SSSR count). The van der Waals surface area contributed by atoms with Gasteiger partial charge in [-0.25, -0.2) is 0 Å². The zero-order valence-corrected chi connectivity index (χ0v) is 14.8. The first kappa shape index (κ1) is 14.3. The van der Waals surface area contributed by atoms with Gasteiger partial charge >= 0.3 is 0 Å². The van der Waals surface area contributed by atoms with E-state index >= 15 is 0 Å². The molecule has 1 fully saturated rings. The molecule has 0 aliphatic heterocycles. The Hall–Kier alpha value is -1.11. The first-order valence-electron chi connectivity index (χ1n) is 9.58. The summed E-state index contributed by atoms with van der Waals surface area (Å²) in [6.45, 7) is 7.41. The molecule has 1 nitrogen and oxygen atoms in total. The lowest BCUT2D eigenvalue weighted by Crippen LogP contribution is -2.41. The minimum atomic E-state index is 0.186. The van der Waals surface area contributed by atoms with E-state index in [0.29, 0.717) is 16.6 Å². The summed E-state index contributed by atoms with van der Waals surface area (Å²) in [7, 11) is 0. The van der Waals surface area contributed by atoms with Gasteiger partial charge in [-0.05, 0) is 78.9 Å². The molecule has 0 aromatic carbocycles. The Labute approximate surface area is 139 Å². The lowest BCUT2D eigenvalue weighted by molar-refractivity contribution is -0.115. The van der Waals surface area contributed by atoms with Crippen LogP contribution in [0.25, 0.3) is 0 Å². The molecule has 1 spiro atoms. The Balaban J connectivity index is 1.71. The third kappa shape index (κ3) is 1.62. The van der Waals surface area contributed by atoms with Crippen molar-refractivity contribution in [3.05, 3.63) is 34.4 Å². The van der Waals surface area contributed by atoms with Crippen LogP contribution in [0.4, 0.5) is 0 Å². The second-order valence-corrected chi connectivity index (χ2v) is 9.44. The van der Waals surface area contributed by atoms with E-state index < -0.39 is 0 Å². The number of carbonyl (C=O) groups excluding carboxylic acids is 1. The van der Waals surface area contributed by atoms with E-state index in [0.717, 1.165) is 18.8 Å². The summed E-state index contributed by atoms with van der Waals surface area (Å²) in [6, 6.07) is 0. The smallest absolute Gasteiger partial charge is 0.155 e. The monoisotopic (exact) mass is 308 g/mol. The molecule has 3 unspecified atom stereocenters. The molecular formula is C22H28O. The zero-order valence-electron chi connectivity index (χ0n) is 14.8. The van der Waals surface area contributed by atoms with Crippen molar-refractivity contribution < 1.29 is 4.79 Å². The van der Waals surface area contributed by atoms with Gasteiger partial charge in [0, 0.05) is 11.8 Å². The van der Waals surface area contributed by atoms with Crippen LogP contribution in [0.3, 0.4) is 0 Å². The van der Waals surface area contributed by atoms with Crippen LogP contribution in [0, 0.1) is 22.2 Å². The van der Waals surface area contributed by atoms with Crippen LogP contribution in [0.5, 0.6) is 0 Å². The van der Waals surface area contributed by atoms with Crippen molar-refractivity contribution in [1.29, 1.82) is 0 Å².